The molecule has 1 rings (SSSR count). The summed E-state index contributed by atoms with van der Waals surface area (Å²) in [6.45, 7) is 9.02. The van der Waals surface area contributed by atoms with Crippen molar-refractivity contribution >= 4 is 10.0 Å². The van der Waals surface area contributed by atoms with Crippen molar-refractivity contribution in [2.75, 3.05) is 12.3 Å². The number of piperidine rings is 1. The van der Waals surface area contributed by atoms with E-state index < -0.39 is 10.0 Å². The number of hydrazine groups is 1. The first-order valence-electron chi connectivity index (χ1n) is 7.33. The second kappa shape index (κ2) is 7.57. The third-order valence-electron chi connectivity index (χ3n) is 3.58. The fourth-order valence-corrected chi connectivity index (χ4v) is 3.76. The van der Waals surface area contributed by atoms with Crippen LogP contribution in [0.1, 0.15) is 53.4 Å². The number of hydrogen-bond acceptors (Lipinski definition) is 4. The van der Waals surface area contributed by atoms with E-state index >= 15 is 0 Å². The average Bonchev–Trinajstić information content (AvgIpc) is 2.30. The van der Waals surface area contributed by atoms with Crippen LogP contribution in [0.25, 0.3) is 0 Å². The van der Waals surface area contributed by atoms with Crippen LogP contribution >= 0.6 is 0 Å². The molecule has 5 nitrogen and oxygen atoms in total. The van der Waals surface area contributed by atoms with Crippen molar-refractivity contribution in [3.8, 4) is 0 Å². The maximum Gasteiger partial charge on any atom is 0.224 e. The van der Waals surface area contributed by atoms with E-state index in [1.807, 2.05) is 5.01 Å². The molecule has 1 aliphatic heterocycles. The van der Waals surface area contributed by atoms with Gasteiger partial charge in [-0.2, -0.15) is 0 Å². The highest BCUT2D eigenvalue weighted by molar-refractivity contribution is 7.89. The van der Waals surface area contributed by atoms with Crippen molar-refractivity contribution in [2.24, 2.45) is 0 Å². The molecule has 1 heterocycles. The fraction of sp³-hybridized carbons (Fsp3) is 1.00. The molecule has 0 spiro atoms. The lowest BCUT2D eigenvalue weighted by atomic mass is 10.0. The molecule has 1 saturated heterocycles. The smallest absolute Gasteiger partial charge is 0.224 e. The van der Waals surface area contributed by atoms with Gasteiger partial charge in [0.1, 0.15) is 0 Å². The predicted octanol–water partition coefficient (Wildman–Crippen LogP) is 1.47. The van der Waals surface area contributed by atoms with Gasteiger partial charge in [-0.05, 0) is 39.7 Å². The van der Waals surface area contributed by atoms with Crippen LogP contribution in [-0.2, 0) is 10.0 Å². The molecule has 2 unspecified atom stereocenters. The lowest BCUT2D eigenvalue weighted by Crippen LogP contribution is -2.54. The molecular weight excluding hydrogens is 262 g/mol. The molecule has 19 heavy (non-hydrogen) atoms. The third-order valence-corrected chi connectivity index (χ3v) is 4.90. The minimum atomic E-state index is -3.21. The van der Waals surface area contributed by atoms with Crippen molar-refractivity contribution in [1.29, 1.82) is 0 Å². The number of hydrogen-bond donors (Lipinski definition) is 2. The van der Waals surface area contributed by atoms with Gasteiger partial charge >= 0.3 is 0 Å². The van der Waals surface area contributed by atoms with Gasteiger partial charge in [0.2, 0.25) is 10.0 Å². The quantitative estimate of drug-likeness (QED) is 0.697. The lowest BCUT2D eigenvalue weighted by molar-refractivity contribution is 0.0790. The summed E-state index contributed by atoms with van der Waals surface area (Å²) in [5.74, 6) is 0.183. The Bertz CT molecular complexity index is 347. The van der Waals surface area contributed by atoms with E-state index in [-0.39, 0.29) is 17.8 Å². The van der Waals surface area contributed by atoms with E-state index in [4.69, 9.17) is 0 Å². The Morgan fingerprint density at radius 1 is 1.21 bits per heavy atom. The molecule has 0 radical (unpaired) electrons. The number of nitrogens with one attached hydrogen (secondary N) is 2. The van der Waals surface area contributed by atoms with Gasteiger partial charge in [0.05, 0.1) is 5.75 Å². The first kappa shape index (κ1) is 16.9. The van der Waals surface area contributed by atoms with Crippen LogP contribution in [0.3, 0.4) is 0 Å². The Balaban J connectivity index is 2.40. The van der Waals surface area contributed by atoms with Crippen LogP contribution in [0.15, 0.2) is 0 Å². The highest BCUT2D eigenvalue weighted by Crippen LogP contribution is 2.20. The molecule has 0 bridgehead atoms. The van der Waals surface area contributed by atoms with Crippen LogP contribution in [0.5, 0.6) is 0 Å². The maximum atomic E-state index is 12.1. The van der Waals surface area contributed by atoms with Crippen LogP contribution in [0.4, 0.5) is 0 Å². The Labute approximate surface area is 118 Å². The van der Waals surface area contributed by atoms with Crippen LogP contribution in [0, 0.1) is 0 Å². The summed E-state index contributed by atoms with van der Waals surface area (Å²) in [5.41, 5.74) is 0. The molecule has 1 aliphatic rings. The SMILES string of the molecule is CC(C)NCCCS(=O)(=O)NN1C(C)CCCC1C. The summed E-state index contributed by atoms with van der Waals surface area (Å²) in [6, 6.07) is 0.970. The molecule has 0 aromatic heterocycles. The largest absolute Gasteiger partial charge is 0.314 e. The standard InChI is InChI=1S/C13H29N3O2S/c1-11(2)14-9-6-10-19(17,18)15-16-12(3)7-5-8-13(16)4/h11-15H,5-10H2,1-4H3. The second-order valence-electron chi connectivity index (χ2n) is 5.91. The first-order valence-corrected chi connectivity index (χ1v) is 8.99. The van der Waals surface area contributed by atoms with Crippen molar-refractivity contribution in [3.05, 3.63) is 0 Å². The van der Waals surface area contributed by atoms with Gasteiger partial charge in [-0.25, -0.2) is 13.4 Å². The molecule has 0 aromatic carbocycles. The number of sulfonamides is 1. The number of nitrogens with zero attached hydrogens (tertiary/aromatic N) is 1. The van der Waals surface area contributed by atoms with E-state index in [0.717, 1.165) is 19.4 Å². The summed E-state index contributed by atoms with van der Waals surface area (Å²) < 4.78 is 24.1. The van der Waals surface area contributed by atoms with Gasteiger partial charge in [-0.3, -0.25) is 0 Å². The fourth-order valence-electron chi connectivity index (χ4n) is 2.46. The van der Waals surface area contributed by atoms with E-state index in [1.54, 1.807) is 0 Å². The molecule has 6 heteroatoms. The molecule has 2 N–H and O–H groups in total. The van der Waals surface area contributed by atoms with Gasteiger partial charge < -0.3 is 5.32 Å². The van der Waals surface area contributed by atoms with Gasteiger partial charge in [0.25, 0.3) is 0 Å². The molecule has 0 aliphatic carbocycles. The van der Waals surface area contributed by atoms with Crippen molar-refractivity contribution in [3.63, 3.8) is 0 Å². The summed E-state index contributed by atoms with van der Waals surface area (Å²) >= 11 is 0. The maximum absolute atomic E-state index is 12.1. The average molecular weight is 291 g/mol. The van der Waals surface area contributed by atoms with E-state index in [1.165, 1.54) is 6.42 Å². The van der Waals surface area contributed by atoms with Gasteiger partial charge in [-0.1, -0.05) is 20.3 Å². The van der Waals surface area contributed by atoms with Gasteiger partial charge in [-0.15, -0.1) is 4.83 Å². The number of rotatable bonds is 7. The molecular formula is C13H29N3O2S. The Kier molecular flexibility index (Phi) is 6.73. The summed E-state index contributed by atoms with van der Waals surface area (Å²) in [7, 11) is -3.21. The first-order chi connectivity index (χ1) is 8.82. The normalized spacial score (nSPS) is 25.9. The zero-order chi connectivity index (χ0) is 14.5. The lowest BCUT2D eigenvalue weighted by Gasteiger charge is -2.38. The summed E-state index contributed by atoms with van der Waals surface area (Å²) in [6.07, 6.45) is 3.94. The van der Waals surface area contributed by atoms with Crippen molar-refractivity contribution < 1.29 is 8.42 Å². The minimum Gasteiger partial charge on any atom is -0.314 e. The molecule has 114 valence electrons. The Hall–Kier alpha value is -0.170. The molecule has 0 aromatic rings. The zero-order valence-corrected chi connectivity index (χ0v) is 13.5. The highest BCUT2D eigenvalue weighted by Gasteiger charge is 2.28. The van der Waals surface area contributed by atoms with Gasteiger partial charge in [0, 0.05) is 18.1 Å². The Morgan fingerprint density at radius 2 is 1.79 bits per heavy atom. The van der Waals surface area contributed by atoms with E-state index in [9.17, 15) is 8.42 Å². The summed E-state index contributed by atoms with van der Waals surface area (Å²) in [4.78, 5) is 2.76. The van der Waals surface area contributed by atoms with Crippen LogP contribution in [-0.4, -0.2) is 43.8 Å². The predicted molar refractivity (Wildman–Crippen MR) is 79.3 cm³/mol. The molecule has 2 atom stereocenters. The van der Waals surface area contributed by atoms with Crippen LogP contribution in [0.2, 0.25) is 0 Å². The molecule has 1 fully saturated rings. The van der Waals surface area contributed by atoms with E-state index in [2.05, 4.69) is 37.8 Å². The highest BCUT2D eigenvalue weighted by atomic mass is 32.2. The third kappa shape index (κ3) is 6.21. The summed E-state index contributed by atoms with van der Waals surface area (Å²) in [5, 5.41) is 5.14. The van der Waals surface area contributed by atoms with Crippen molar-refractivity contribution in [2.45, 2.75) is 71.5 Å². The minimum absolute atomic E-state index is 0.183. The van der Waals surface area contributed by atoms with Crippen LogP contribution < -0.4 is 10.1 Å². The van der Waals surface area contributed by atoms with Gasteiger partial charge in [0.15, 0.2) is 0 Å². The molecule has 0 saturated carbocycles. The molecule has 0 amide bonds. The topological polar surface area (TPSA) is 61.4 Å². The van der Waals surface area contributed by atoms with E-state index in [0.29, 0.717) is 12.5 Å². The monoisotopic (exact) mass is 291 g/mol. The Morgan fingerprint density at radius 3 is 2.32 bits per heavy atom. The van der Waals surface area contributed by atoms with Crippen molar-refractivity contribution in [1.82, 2.24) is 15.2 Å². The second-order valence-corrected chi connectivity index (χ2v) is 7.73. The zero-order valence-electron chi connectivity index (χ0n) is 12.6.